The summed E-state index contributed by atoms with van der Waals surface area (Å²) in [6.45, 7) is 15.8. The highest BCUT2D eigenvalue weighted by atomic mass is 28.4. The van der Waals surface area contributed by atoms with Gasteiger partial charge in [0.1, 0.15) is 25.8 Å². The quantitative estimate of drug-likeness (QED) is 0.0283. The topological polar surface area (TPSA) is 111 Å². The van der Waals surface area contributed by atoms with E-state index in [1.165, 1.54) is 44.9 Å². The normalized spacial score (nSPS) is 24.3. The molecule has 3 rings (SSSR count). The van der Waals surface area contributed by atoms with Crippen LogP contribution in [0.25, 0.3) is 0 Å². The van der Waals surface area contributed by atoms with Crippen LogP contribution in [-0.2, 0) is 42.4 Å². The van der Waals surface area contributed by atoms with E-state index in [-0.39, 0.29) is 73.7 Å². The molecule has 9 atom stereocenters. The van der Waals surface area contributed by atoms with Crippen LogP contribution < -0.4 is 0 Å². The van der Waals surface area contributed by atoms with Crippen molar-refractivity contribution in [2.24, 2.45) is 0 Å². The summed E-state index contributed by atoms with van der Waals surface area (Å²) >= 11 is 0. The molecule has 332 valence electrons. The maximum Gasteiger partial charge on any atom is 0.334 e. The highest BCUT2D eigenvalue weighted by molar-refractivity contribution is 6.74. The predicted octanol–water partition coefficient (Wildman–Crippen LogP) is 9.56. The number of esters is 1. The van der Waals surface area contributed by atoms with E-state index < -0.39 is 20.5 Å². The number of hydrogen-bond acceptors (Lipinski definition) is 10. The molecule has 3 aliphatic heterocycles. The molecule has 3 aliphatic rings. The second-order valence-electron chi connectivity index (χ2n) is 18.1. The van der Waals surface area contributed by atoms with Crippen LogP contribution in [-0.4, -0.2) is 102 Å². The molecule has 0 saturated carbocycles. The van der Waals surface area contributed by atoms with Gasteiger partial charge in [-0.05, 0) is 76.1 Å². The molecule has 0 spiro atoms. The number of carbonyl (C=O) groups is 1. The molecule has 0 aromatic rings. The largest absolute Gasteiger partial charge is 0.455 e. The fourth-order valence-corrected chi connectivity index (χ4v) is 9.12. The van der Waals surface area contributed by atoms with Crippen LogP contribution >= 0.6 is 0 Å². The lowest BCUT2D eigenvalue weighted by molar-refractivity contribution is -0.150. The first-order valence-corrected chi connectivity index (χ1v) is 25.4. The van der Waals surface area contributed by atoms with Crippen molar-refractivity contribution in [1.82, 2.24) is 0 Å². The third kappa shape index (κ3) is 18.5. The smallest absolute Gasteiger partial charge is 0.334 e. The second-order valence-corrected chi connectivity index (χ2v) is 22.8. The third-order valence-corrected chi connectivity index (χ3v) is 16.6. The average molecular weight is 833 g/mol. The predicted molar refractivity (Wildman–Crippen MR) is 231 cm³/mol. The Morgan fingerprint density at radius 3 is 2.05 bits per heavy atom. The highest BCUT2D eigenvalue weighted by Gasteiger charge is 2.42. The van der Waals surface area contributed by atoms with Gasteiger partial charge in [0.05, 0.1) is 36.6 Å². The van der Waals surface area contributed by atoms with Gasteiger partial charge in [-0.15, -0.1) is 17.8 Å². The molecule has 0 radical (unpaired) electrons. The third-order valence-electron chi connectivity index (χ3n) is 12.0. The number of unbranched alkanes of at least 4 members (excludes halogenated alkanes) is 7. The molecular weight excluding hydrogens is 753 g/mol. The van der Waals surface area contributed by atoms with Crippen molar-refractivity contribution in [3.05, 3.63) is 11.6 Å². The zero-order chi connectivity index (χ0) is 42.4. The zero-order valence-corrected chi connectivity index (χ0v) is 38.7. The molecule has 3 heterocycles. The van der Waals surface area contributed by atoms with Crippen LogP contribution in [0.5, 0.6) is 0 Å². The summed E-state index contributed by atoms with van der Waals surface area (Å²) in [5.74, 6) is 12.8. The van der Waals surface area contributed by atoms with Gasteiger partial charge in [0.25, 0.3) is 0 Å². The summed E-state index contributed by atoms with van der Waals surface area (Å²) < 4.78 is 48.1. The number of aliphatic hydroxyl groups excluding tert-OH is 1. The summed E-state index contributed by atoms with van der Waals surface area (Å²) in [7, 11) is 1.27. The van der Waals surface area contributed by atoms with Gasteiger partial charge in [0.2, 0.25) is 0 Å². The minimum absolute atomic E-state index is 0.00114. The number of cyclic esters (lactones) is 1. The van der Waals surface area contributed by atoms with Crippen LogP contribution in [0, 0.1) is 23.7 Å². The molecule has 2 fully saturated rings. The SMILES string of the molecule is CCCCCCCCCCC(OCOC)C1CCC(C2CCC(C(C#CCCC(CCC#CCC(O)CC3=CC(C)OC3=O)O[Si](C)(C)C(C)(C)C)OCOC)O2)O1. The number of methoxy groups -OCH3 is 2. The first-order chi connectivity index (χ1) is 27.8. The monoisotopic (exact) mass is 833 g/mol. The Morgan fingerprint density at radius 2 is 1.43 bits per heavy atom. The van der Waals surface area contributed by atoms with E-state index in [1.54, 1.807) is 20.3 Å². The van der Waals surface area contributed by atoms with E-state index in [0.29, 0.717) is 24.8 Å². The lowest BCUT2D eigenvalue weighted by atomic mass is 10.0. The molecule has 1 N–H and O–H groups in total. The Balaban J connectivity index is 1.52. The van der Waals surface area contributed by atoms with Gasteiger partial charge in [-0.3, -0.25) is 0 Å². The summed E-state index contributed by atoms with van der Waals surface area (Å²) in [6.07, 6.45) is 18.8. The van der Waals surface area contributed by atoms with Gasteiger partial charge in [-0.25, -0.2) is 4.79 Å². The summed E-state index contributed by atoms with van der Waals surface area (Å²) in [6, 6.07) is 0. The van der Waals surface area contributed by atoms with E-state index in [4.69, 9.17) is 37.6 Å². The van der Waals surface area contributed by atoms with Crippen molar-refractivity contribution in [1.29, 1.82) is 0 Å². The fourth-order valence-electron chi connectivity index (χ4n) is 7.70. The van der Waals surface area contributed by atoms with Crippen LogP contribution in [0.1, 0.15) is 157 Å². The number of ether oxygens (including phenoxy) is 7. The summed E-state index contributed by atoms with van der Waals surface area (Å²) in [4.78, 5) is 11.9. The van der Waals surface area contributed by atoms with E-state index in [2.05, 4.69) is 64.5 Å². The van der Waals surface area contributed by atoms with Gasteiger partial charge >= 0.3 is 5.97 Å². The van der Waals surface area contributed by atoms with E-state index in [1.807, 2.05) is 6.92 Å². The Morgan fingerprint density at radius 1 is 0.828 bits per heavy atom. The molecule has 11 heteroatoms. The van der Waals surface area contributed by atoms with Crippen molar-refractivity contribution in [3.8, 4) is 23.7 Å². The Hall–Kier alpha value is -1.77. The molecule has 9 unspecified atom stereocenters. The van der Waals surface area contributed by atoms with Gasteiger partial charge < -0.3 is 42.7 Å². The Kier molecular flexibility index (Phi) is 23.7. The van der Waals surface area contributed by atoms with Crippen molar-refractivity contribution >= 4 is 14.3 Å². The number of hydrogen-bond donors (Lipinski definition) is 1. The highest BCUT2D eigenvalue weighted by Crippen LogP contribution is 2.39. The molecule has 58 heavy (non-hydrogen) atoms. The molecule has 0 aromatic carbocycles. The molecular formula is C47H80O10Si. The zero-order valence-electron chi connectivity index (χ0n) is 37.7. The number of aliphatic hydroxyl groups is 1. The van der Waals surface area contributed by atoms with Crippen molar-refractivity contribution in [3.63, 3.8) is 0 Å². The fraction of sp³-hybridized carbons (Fsp3) is 0.851. The Labute approximate surface area is 353 Å². The minimum Gasteiger partial charge on any atom is -0.455 e. The lowest BCUT2D eigenvalue weighted by Gasteiger charge is -2.39. The molecule has 0 amide bonds. The van der Waals surface area contributed by atoms with Crippen LogP contribution in [0.3, 0.4) is 0 Å². The summed E-state index contributed by atoms with van der Waals surface area (Å²) in [5.41, 5.74) is 0.526. The molecule has 0 bridgehead atoms. The van der Waals surface area contributed by atoms with E-state index in [0.717, 1.165) is 51.4 Å². The van der Waals surface area contributed by atoms with Crippen LogP contribution in [0.4, 0.5) is 0 Å². The standard InChI is InChI=1S/C47H80O10Si/c1-10-11-12-13-14-15-16-20-26-40(52-34-50-6)42-28-30-44(55-42)45-31-29-43(56-45)41(53-35-51-7)27-22-21-25-39(57-58(8,9)47(3,4)5)24-19-17-18-23-38(48)33-37-32-36(2)54-46(37)49/h32,36,38-45,48H,10-16,19-21,23-26,28-31,33-35H2,1-9H3. The van der Waals surface area contributed by atoms with E-state index >= 15 is 0 Å². The molecule has 0 aliphatic carbocycles. The van der Waals surface area contributed by atoms with Crippen LogP contribution in [0.15, 0.2) is 11.6 Å². The van der Waals surface area contributed by atoms with Gasteiger partial charge in [0, 0.05) is 51.6 Å². The number of rotatable bonds is 27. The van der Waals surface area contributed by atoms with Crippen molar-refractivity contribution in [2.45, 2.75) is 230 Å². The lowest BCUT2D eigenvalue weighted by Crippen LogP contribution is -2.43. The van der Waals surface area contributed by atoms with E-state index in [9.17, 15) is 9.90 Å². The first-order valence-electron chi connectivity index (χ1n) is 22.5. The summed E-state index contributed by atoms with van der Waals surface area (Å²) in [5, 5.41) is 10.5. The van der Waals surface area contributed by atoms with Gasteiger partial charge in [-0.1, -0.05) is 85.0 Å². The molecule has 0 aromatic heterocycles. The molecule has 10 nitrogen and oxygen atoms in total. The minimum atomic E-state index is -2.04. The van der Waals surface area contributed by atoms with Crippen molar-refractivity contribution in [2.75, 3.05) is 27.8 Å². The maximum absolute atomic E-state index is 11.9. The average Bonchev–Trinajstić information content (AvgIpc) is 3.93. The first kappa shape index (κ1) is 50.6. The Bertz CT molecular complexity index is 1320. The number of carbonyl (C=O) groups excluding carboxylic acids is 1. The second kappa shape index (κ2) is 27.2. The molecule has 2 saturated heterocycles. The van der Waals surface area contributed by atoms with Crippen LogP contribution in [0.2, 0.25) is 18.1 Å². The van der Waals surface area contributed by atoms with Gasteiger partial charge in [-0.2, -0.15) is 0 Å². The maximum atomic E-state index is 11.9. The van der Waals surface area contributed by atoms with Gasteiger partial charge in [0.15, 0.2) is 8.32 Å². The van der Waals surface area contributed by atoms with Crippen molar-refractivity contribution < 1.29 is 47.5 Å².